The van der Waals surface area contributed by atoms with Crippen LogP contribution in [0.5, 0.6) is 11.5 Å². The summed E-state index contributed by atoms with van der Waals surface area (Å²) < 4.78 is 5.17. The van der Waals surface area contributed by atoms with Crippen molar-refractivity contribution in [1.29, 1.82) is 0 Å². The van der Waals surface area contributed by atoms with Gasteiger partial charge in [0.15, 0.2) is 5.96 Å². The van der Waals surface area contributed by atoms with Gasteiger partial charge in [0.1, 0.15) is 11.5 Å². The van der Waals surface area contributed by atoms with E-state index in [4.69, 9.17) is 4.74 Å². The molecule has 2 aromatic rings. The summed E-state index contributed by atoms with van der Waals surface area (Å²) in [5.74, 6) is 1.65. The van der Waals surface area contributed by atoms with E-state index in [1.54, 1.807) is 36.6 Å². The van der Waals surface area contributed by atoms with E-state index in [9.17, 15) is 5.11 Å². The monoisotopic (exact) mass is 319 g/mol. The number of phenolic OH excluding ortho intramolecular Hbond substituents is 1. The van der Waals surface area contributed by atoms with Crippen LogP contribution in [0.2, 0.25) is 0 Å². The van der Waals surface area contributed by atoms with Gasteiger partial charge in [-0.15, -0.1) is 11.3 Å². The molecule has 118 valence electrons. The van der Waals surface area contributed by atoms with Crippen LogP contribution in [0.15, 0.2) is 40.7 Å². The summed E-state index contributed by atoms with van der Waals surface area (Å²) in [5.41, 5.74) is 0.729. The van der Waals surface area contributed by atoms with Crippen LogP contribution in [-0.2, 0) is 13.1 Å². The number of aromatic hydroxyl groups is 1. The van der Waals surface area contributed by atoms with E-state index >= 15 is 0 Å². The van der Waals surface area contributed by atoms with Gasteiger partial charge in [0.25, 0.3) is 0 Å². The Morgan fingerprint density at radius 1 is 1.32 bits per heavy atom. The van der Waals surface area contributed by atoms with Gasteiger partial charge < -0.3 is 20.5 Å². The first-order chi connectivity index (χ1) is 10.7. The van der Waals surface area contributed by atoms with Crippen LogP contribution in [0, 0.1) is 0 Å². The zero-order valence-corrected chi connectivity index (χ0v) is 13.6. The molecule has 0 aliphatic rings. The van der Waals surface area contributed by atoms with Crippen molar-refractivity contribution in [3.63, 3.8) is 0 Å². The van der Waals surface area contributed by atoms with Crippen molar-refractivity contribution in [3.05, 3.63) is 46.2 Å². The van der Waals surface area contributed by atoms with Gasteiger partial charge in [-0.1, -0.05) is 6.07 Å². The fourth-order valence-corrected chi connectivity index (χ4v) is 2.55. The molecular formula is C16H21N3O2S. The van der Waals surface area contributed by atoms with E-state index in [-0.39, 0.29) is 5.75 Å². The summed E-state index contributed by atoms with van der Waals surface area (Å²) in [7, 11) is 1.60. The van der Waals surface area contributed by atoms with Crippen LogP contribution < -0.4 is 15.4 Å². The number of methoxy groups -OCH3 is 1. The molecule has 2 rings (SSSR count). The molecule has 0 fully saturated rings. The maximum Gasteiger partial charge on any atom is 0.191 e. The summed E-state index contributed by atoms with van der Waals surface area (Å²) in [6.45, 7) is 3.90. The standard InChI is InChI=1S/C16H21N3O2S/c1-3-17-16(19-11-14-5-4-8-22-14)18-10-12-9-13(21-2)6-7-15(12)20/h4-9,20H,3,10-11H2,1-2H3,(H2,17,18,19). The summed E-state index contributed by atoms with van der Waals surface area (Å²) in [6, 6.07) is 9.25. The van der Waals surface area contributed by atoms with Crippen molar-refractivity contribution >= 4 is 17.3 Å². The first-order valence-corrected chi connectivity index (χ1v) is 8.01. The molecular weight excluding hydrogens is 298 g/mol. The minimum atomic E-state index is 0.221. The molecule has 0 saturated carbocycles. The first-order valence-electron chi connectivity index (χ1n) is 7.13. The number of hydrogen-bond donors (Lipinski definition) is 3. The number of hydrogen-bond acceptors (Lipinski definition) is 4. The lowest BCUT2D eigenvalue weighted by Gasteiger charge is -2.11. The highest BCUT2D eigenvalue weighted by molar-refractivity contribution is 7.09. The number of phenols is 1. The Balaban J connectivity index is 2.02. The van der Waals surface area contributed by atoms with Gasteiger partial charge in [0, 0.05) is 17.0 Å². The zero-order valence-electron chi connectivity index (χ0n) is 12.8. The van der Waals surface area contributed by atoms with E-state index < -0.39 is 0 Å². The third kappa shape index (κ3) is 4.66. The van der Waals surface area contributed by atoms with Gasteiger partial charge in [-0.05, 0) is 36.6 Å². The van der Waals surface area contributed by atoms with Crippen molar-refractivity contribution < 1.29 is 9.84 Å². The van der Waals surface area contributed by atoms with Gasteiger partial charge >= 0.3 is 0 Å². The Morgan fingerprint density at radius 3 is 2.86 bits per heavy atom. The van der Waals surface area contributed by atoms with Crippen LogP contribution >= 0.6 is 11.3 Å². The molecule has 3 N–H and O–H groups in total. The largest absolute Gasteiger partial charge is 0.508 e. The second-order valence-corrected chi connectivity index (χ2v) is 5.65. The van der Waals surface area contributed by atoms with E-state index in [0.29, 0.717) is 12.3 Å². The number of guanidine groups is 1. The molecule has 0 aliphatic carbocycles. The Hall–Kier alpha value is -2.21. The average Bonchev–Trinajstić information content (AvgIpc) is 3.05. The highest BCUT2D eigenvalue weighted by Gasteiger charge is 2.04. The van der Waals surface area contributed by atoms with Crippen LogP contribution in [-0.4, -0.2) is 24.7 Å². The Bertz CT molecular complexity index is 612. The van der Waals surface area contributed by atoms with E-state index in [1.165, 1.54) is 4.88 Å². The quantitative estimate of drug-likeness (QED) is 0.566. The topological polar surface area (TPSA) is 65.9 Å². The van der Waals surface area contributed by atoms with E-state index in [0.717, 1.165) is 24.6 Å². The van der Waals surface area contributed by atoms with Crippen LogP contribution in [0.4, 0.5) is 0 Å². The molecule has 0 aliphatic heterocycles. The van der Waals surface area contributed by atoms with Gasteiger partial charge in [-0.2, -0.15) is 0 Å². The van der Waals surface area contributed by atoms with E-state index in [2.05, 4.69) is 27.1 Å². The van der Waals surface area contributed by atoms with Crippen molar-refractivity contribution in [2.24, 2.45) is 4.99 Å². The number of benzene rings is 1. The van der Waals surface area contributed by atoms with Crippen LogP contribution in [0.3, 0.4) is 0 Å². The molecule has 22 heavy (non-hydrogen) atoms. The van der Waals surface area contributed by atoms with Crippen molar-refractivity contribution in [1.82, 2.24) is 10.6 Å². The predicted octanol–water partition coefficient (Wildman–Crippen LogP) is 2.72. The molecule has 1 aromatic heterocycles. The Labute approximate surface area is 134 Å². The minimum absolute atomic E-state index is 0.221. The Kier molecular flexibility index (Phi) is 6.09. The minimum Gasteiger partial charge on any atom is -0.508 e. The van der Waals surface area contributed by atoms with Gasteiger partial charge in [0.05, 0.1) is 20.2 Å². The molecule has 0 unspecified atom stereocenters. The van der Waals surface area contributed by atoms with Crippen LogP contribution in [0.1, 0.15) is 17.4 Å². The highest BCUT2D eigenvalue weighted by Crippen LogP contribution is 2.23. The van der Waals surface area contributed by atoms with Gasteiger partial charge in [-0.3, -0.25) is 0 Å². The second-order valence-electron chi connectivity index (χ2n) is 4.62. The van der Waals surface area contributed by atoms with Gasteiger partial charge in [-0.25, -0.2) is 4.99 Å². The zero-order chi connectivity index (χ0) is 15.8. The molecule has 1 heterocycles. The lowest BCUT2D eigenvalue weighted by atomic mass is 10.2. The maximum absolute atomic E-state index is 9.89. The summed E-state index contributed by atoms with van der Waals surface area (Å²) in [5, 5.41) is 18.4. The SMILES string of the molecule is CCNC(=NCc1cc(OC)ccc1O)NCc1cccs1. The summed E-state index contributed by atoms with van der Waals surface area (Å²) >= 11 is 1.70. The second kappa shape index (κ2) is 8.29. The third-order valence-electron chi connectivity index (χ3n) is 3.05. The first kappa shape index (κ1) is 16.2. The molecule has 1 aromatic carbocycles. The molecule has 0 saturated heterocycles. The van der Waals surface area contributed by atoms with Crippen molar-refractivity contribution in [3.8, 4) is 11.5 Å². The molecule has 0 amide bonds. The van der Waals surface area contributed by atoms with E-state index in [1.807, 2.05) is 13.0 Å². The normalized spacial score (nSPS) is 11.3. The predicted molar refractivity (Wildman–Crippen MR) is 90.6 cm³/mol. The molecule has 5 nitrogen and oxygen atoms in total. The van der Waals surface area contributed by atoms with Crippen molar-refractivity contribution in [2.45, 2.75) is 20.0 Å². The fourth-order valence-electron chi connectivity index (χ4n) is 1.91. The third-order valence-corrected chi connectivity index (χ3v) is 3.92. The summed E-state index contributed by atoms with van der Waals surface area (Å²) in [6.07, 6.45) is 0. The van der Waals surface area contributed by atoms with Crippen molar-refractivity contribution in [2.75, 3.05) is 13.7 Å². The number of ether oxygens (including phenoxy) is 1. The van der Waals surface area contributed by atoms with Gasteiger partial charge in [0.2, 0.25) is 0 Å². The average molecular weight is 319 g/mol. The molecule has 0 radical (unpaired) electrons. The number of aliphatic imine (C=N–C) groups is 1. The summed E-state index contributed by atoms with van der Waals surface area (Å²) in [4.78, 5) is 5.75. The number of nitrogens with zero attached hydrogens (tertiary/aromatic N) is 1. The Morgan fingerprint density at radius 2 is 2.18 bits per heavy atom. The lowest BCUT2D eigenvalue weighted by molar-refractivity contribution is 0.411. The maximum atomic E-state index is 9.89. The molecule has 0 bridgehead atoms. The number of thiophene rings is 1. The molecule has 6 heteroatoms. The smallest absolute Gasteiger partial charge is 0.191 e. The lowest BCUT2D eigenvalue weighted by Crippen LogP contribution is -2.36. The fraction of sp³-hybridized carbons (Fsp3) is 0.312. The molecule has 0 atom stereocenters. The highest BCUT2D eigenvalue weighted by atomic mass is 32.1. The molecule has 0 spiro atoms. The van der Waals surface area contributed by atoms with Crippen LogP contribution in [0.25, 0.3) is 0 Å². The number of nitrogens with one attached hydrogen (secondary N) is 2. The number of rotatable bonds is 6.